The second kappa shape index (κ2) is 6.54. The van der Waals surface area contributed by atoms with E-state index in [0.717, 1.165) is 22.2 Å². The van der Waals surface area contributed by atoms with Crippen molar-refractivity contribution in [1.82, 2.24) is 10.4 Å². The zero-order chi connectivity index (χ0) is 16.2. The van der Waals surface area contributed by atoms with Crippen LogP contribution in [0.4, 0.5) is 0 Å². The topological polar surface area (TPSA) is 66.5 Å². The van der Waals surface area contributed by atoms with Crippen LogP contribution in [0.25, 0.3) is 10.9 Å². The van der Waals surface area contributed by atoms with Gasteiger partial charge in [0, 0.05) is 15.9 Å². The first-order valence-corrected chi connectivity index (χ1v) is 7.29. The highest BCUT2D eigenvalue weighted by atomic mass is 35.5. The van der Waals surface area contributed by atoms with E-state index < -0.39 is 0 Å². The van der Waals surface area contributed by atoms with Gasteiger partial charge in [-0.15, -0.1) is 0 Å². The van der Waals surface area contributed by atoms with Crippen molar-refractivity contribution < 1.29 is 9.53 Å². The van der Waals surface area contributed by atoms with E-state index in [1.165, 1.54) is 6.21 Å². The van der Waals surface area contributed by atoms with Crippen LogP contribution in [0.15, 0.2) is 53.6 Å². The average molecular weight is 328 g/mol. The zero-order valence-electron chi connectivity index (χ0n) is 12.3. The number of aromatic amines is 1. The predicted molar refractivity (Wildman–Crippen MR) is 91.4 cm³/mol. The Morgan fingerprint density at radius 2 is 2.13 bits per heavy atom. The SMILES string of the molecule is COc1ccc2[nH]c(C(=O)NN=Cc3cccc(Cl)c3)cc2c1. The van der Waals surface area contributed by atoms with Crippen molar-refractivity contribution in [2.24, 2.45) is 5.10 Å². The molecule has 6 heteroatoms. The Kier molecular flexibility index (Phi) is 4.30. The summed E-state index contributed by atoms with van der Waals surface area (Å²) in [5.74, 6) is 0.417. The molecule has 0 aliphatic heterocycles. The maximum Gasteiger partial charge on any atom is 0.287 e. The molecule has 0 unspecified atom stereocenters. The van der Waals surface area contributed by atoms with Gasteiger partial charge in [-0.05, 0) is 42.0 Å². The van der Waals surface area contributed by atoms with Crippen LogP contribution in [0.1, 0.15) is 16.1 Å². The predicted octanol–water partition coefficient (Wildman–Crippen LogP) is 3.59. The summed E-state index contributed by atoms with van der Waals surface area (Å²) in [5.41, 5.74) is 4.57. The Morgan fingerprint density at radius 3 is 2.91 bits per heavy atom. The fourth-order valence-electron chi connectivity index (χ4n) is 2.17. The number of rotatable bonds is 4. The molecule has 0 aliphatic carbocycles. The Balaban J connectivity index is 1.73. The molecule has 0 radical (unpaired) electrons. The van der Waals surface area contributed by atoms with E-state index in [-0.39, 0.29) is 5.91 Å². The normalized spacial score (nSPS) is 11.0. The second-order valence-electron chi connectivity index (χ2n) is 4.89. The molecule has 0 bridgehead atoms. The number of hydrogen-bond acceptors (Lipinski definition) is 3. The van der Waals surface area contributed by atoms with E-state index >= 15 is 0 Å². The van der Waals surface area contributed by atoms with Crippen LogP contribution in [0.3, 0.4) is 0 Å². The summed E-state index contributed by atoms with van der Waals surface area (Å²) in [6.45, 7) is 0. The van der Waals surface area contributed by atoms with E-state index in [2.05, 4.69) is 15.5 Å². The van der Waals surface area contributed by atoms with E-state index in [1.54, 1.807) is 25.3 Å². The number of nitrogens with one attached hydrogen (secondary N) is 2. The number of nitrogens with zero attached hydrogens (tertiary/aromatic N) is 1. The van der Waals surface area contributed by atoms with Crippen LogP contribution < -0.4 is 10.2 Å². The number of benzene rings is 2. The van der Waals surface area contributed by atoms with Gasteiger partial charge in [0.2, 0.25) is 0 Å². The molecular formula is C17H14ClN3O2. The molecular weight excluding hydrogens is 314 g/mol. The third kappa shape index (κ3) is 3.52. The molecule has 2 aromatic carbocycles. The van der Waals surface area contributed by atoms with Gasteiger partial charge in [-0.3, -0.25) is 4.79 Å². The van der Waals surface area contributed by atoms with Gasteiger partial charge in [-0.25, -0.2) is 5.43 Å². The van der Waals surface area contributed by atoms with E-state index in [0.29, 0.717) is 10.7 Å². The molecule has 3 aromatic rings. The highest BCUT2D eigenvalue weighted by Crippen LogP contribution is 2.21. The molecule has 0 saturated carbocycles. The van der Waals surface area contributed by atoms with Gasteiger partial charge in [-0.2, -0.15) is 5.10 Å². The minimum absolute atomic E-state index is 0.321. The van der Waals surface area contributed by atoms with Gasteiger partial charge in [0.25, 0.3) is 5.91 Å². The number of hydrazone groups is 1. The number of aromatic nitrogens is 1. The monoisotopic (exact) mass is 327 g/mol. The number of methoxy groups -OCH3 is 1. The summed E-state index contributed by atoms with van der Waals surface area (Å²) >= 11 is 5.89. The van der Waals surface area contributed by atoms with Gasteiger partial charge in [-0.1, -0.05) is 23.7 Å². The lowest BCUT2D eigenvalue weighted by molar-refractivity contribution is 0.0951. The van der Waals surface area contributed by atoms with Crippen molar-refractivity contribution in [2.75, 3.05) is 7.11 Å². The highest BCUT2D eigenvalue weighted by molar-refractivity contribution is 6.30. The number of halogens is 1. The number of fused-ring (bicyclic) bond motifs is 1. The number of carbonyl (C=O) groups is 1. The molecule has 2 N–H and O–H groups in total. The first-order chi connectivity index (χ1) is 11.2. The van der Waals surface area contributed by atoms with Crippen molar-refractivity contribution in [3.8, 4) is 5.75 Å². The van der Waals surface area contributed by atoms with E-state index in [9.17, 15) is 4.79 Å². The molecule has 3 rings (SSSR count). The van der Waals surface area contributed by atoms with Crippen LogP contribution in [0.5, 0.6) is 5.75 Å². The molecule has 23 heavy (non-hydrogen) atoms. The molecule has 0 aliphatic rings. The van der Waals surface area contributed by atoms with Crippen LogP contribution in [-0.2, 0) is 0 Å². The van der Waals surface area contributed by atoms with Crippen molar-refractivity contribution in [3.05, 3.63) is 64.8 Å². The van der Waals surface area contributed by atoms with Crippen LogP contribution in [0, 0.1) is 0 Å². The van der Waals surface area contributed by atoms with Gasteiger partial charge in [0.05, 0.1) is 13.3 Å². The van der Waals surface area contributed by atoms with Gasteiger partial charge in [0.1, 0.15) is 11.4 Å². The number of ether oxygens (including phenoxy) is 1. The largest absolute Gasteiger partial charge is 0.497 e. The van der Waals surface area contributed by atoms with Gasteiger partial charge < -0.3 is 9.72 Å². The quantitative estimate of drug-likeness (QED) is 0.568. The molecule has 0 spiro atoms. The molecule has 0 atom stereocenters. The summed E-state index contributed by atoms with van der Waals surface area (Å²) in [6, 6.07) is 14.5. The average Bonchev–Trinajstić information content (AvgIpc) is 2.98. The number of H-pyrrole nitrogens is 1. The van der Waals surface area contributed by atoms with Crippen molar-refractivity contribution in [2.45, 2.75) is 0 Å². The Morgan fingerprint density at radius 1 is 1.26 bits per heavy atom. The Labute approximate surface area is 137 Å². The number of carbonyl (C=O) groups excluding carboxylic acids is 1. The maximum absolute atomic E-state index is 12.1. The lowest BCUT2D eigenvalue weighted by atomic mass is 10.2. The number of hydrogen-bond donors (Lipinski definition) is 2. The summed E-state index contributed by atoms with van der Waals surface area (Å²) in [7, 11) is 1.60. The first-order valence-electron chi connectivity index (χ1n) is 6.91. The molecule has 1 heterocycles. The van der Waals surface area contributed by atoms with E-state index in [4.69, 9.17) is 16.3 Å². The Bertz CT molecular complexity index is 886. The molecule has 5 nitrogen and oxygen atoms in total. The highest BCUT2D eigenvalue weighted by Gasteiger charge is 2.09. The molecule has 0 fully saturated rings. The first kappa shape index (κ1) is 15.1. The molecule has 0 saturated heterocycles. The smallest absolute Gasteiger partial charge is 0.287 e. The van der Waals surface area contributed by atoms with Crippen molar-refractivity contribution in [1.29, 1.82) is 0 Å². The summed E-state index contributed by atoms with van der Waals surface area (Å²) in [4.78, 5) is 15.2. The van der Waals surface area contributed by atoms with Gasteiger partial charge >= 0.3 is 0 Å². The molecule has 1 amide bonds. The summed E-state index contributed by atoms with van der Waals surface area (Å²) in [5, 5.41) is 5.45. The third-order valence-corrected chi connectivity index (χ3v) is 3.54. The molecule has 1 aromatic heterocycles. The van der Waals surface area contributed by atoms with Gasteiger partial charge in [0.15, 0.2) is 0 Å². The third-order valence-electron chi connectivity index (χ3n) is 3.30. The fraction of sp³-hybridized carbons (Fsp3) is 0.0588. The standard InChI is InChI=1S/C17H14ClN3O2/c1-23-14-5-6-15-12(8-14)9-16(20-15)17(22)21-19-10-11-3-2-4-13(18)7-11/h2-10,20H,1H3,(H,21,22). The maximum atomic E-state index is 12.1. The number of amides is 1. The lowest BCUT2D eigenvalue weighted by Gasteiger charge is -1.97. The van der Waals surface area contributed by atoms with Crippen LogP contribution in [-0.4, -0.2) is 24.2 Å². The Hall–Kier alpha value is -2.79. The lowest BCUT2D eigenvalue weighted by Crippen LogP contribution is -2.17. The minimum atomic E-state index is -0.321. The zero-order valence-corrected chi connectivity index (χ0v) is 13.1. The van der Waals surface area contributed by atoms with E-state index in [1.807, 2.05) is 30.3 Å². The summed E-state index contributed by atoms with van der Waals surface area (Å²) < 4.78 is 5.17. The van der Waals surface area contributed by atoms with Crippen molar-refractivity contribution in [3.63, 3.8) is 0 Å². The summed E-state index contributed by atoms with van der Waals surface area (Å²) in [6.07, 6.45) is 1.54. The second-order valence-corrected chi connectivity index (χ2v) is 5.33. The van der Waals surface area contributed by atoms with Crippen molar-refractivity contribution >= 4 is 34.6 Å². The van der Waals surface area contributed by atoms with Crippen LogP contribution >= 0.6 is 11.6 Å². The fourth-order valence-corrected chi connectivity index (χ4v) is 2.37. The molecule has 116 valence electrons. The van der Waals surface area contributed by atoms with Crippen LogP contribution in [0.2, 0.25) is 5.02 Å². The minimum Gasteiger partial charge on any atom is -0.497 e.